The number of carbonyl (C=O) groups excluding carboxylic acids is 1. The molecule has 1 aliphatic carbocycles. The summed E-state index contributed by atoms with van der Waals surface area (Å²) in [6.07, 6.45) is 3.26. The zero-order valence-electron chi connectivity index (χ0n) is 17.4. The Morgan fingerprint density at radius 2 is 1.47 bits per heavy atom. The number of hydrogen-bond acceptors (Lipinski definition) is 2. The highest BCUT2D eigenvalue weighted by Gasteiger charge is 2.28. The first-order valence-electron chi connectivity index (χ1n) is 10.6. The lowest BCUT2D eigenvalue weighted by atomic mass is 9.98. The summed E-state index contributed by atoms with van der Waals surface area (Å²) in [5.41, 5.74) is 5.67. The van der Waals surface area contributed by atoms with Crippen LogP contribution in [-0.4, -0.2) is 19.2 Å². The molecule has 1 aliphatic rings. The second-order valence-corrected chi connectivity index (χ2v) is 7.79. The molecule has 1 N–H and O–H groups in total. The van der Waals surface area contributed by atoms with Crippen LogP contribution < -0.4 is 5.32 Å². The Bertz CT molecular complexity index is 1280. The Morgan fingerprint density at radius 1 is 0.844 bits per heavy atom. The molecule has 0 radical (unpaired) electrons. The van der Waals surface area contributed by atoms with Crippen molar-refractivity contribution in [2.24, 2.45) is 0 Å². The minimum Gasteiger partial charge on any atom is -0.449 e. The molecule has 5 rings (SSSR count). The fourth-order valence-corrected chi connectivity index (χ4v) is 4.41. The van der Waals surface area contributed by atoms with Crippen molar-refractivity contribution in [3.8, 4) is 11.1 Å². The van der Waals surface area contributed by atoms with Crippen LogP contribution in [0.15, 0.2) is 91.0 Å². The van der Waals surface area contributed by atoms with Gasteiger partial charge in [0, 0.05) is 17.8 Å². The highest BCUT2D eigenvalue weighted by Crippen LogP contribution is 2.44. The maximum Gasteiger partial charge on any atom is 0.407 e. The van der Waals surface area contributed by atoms with Gasteiger partial charge in [0.15, 0.2) is 0 Å². The summed E-state index contributed by atoms with van der Waals surface area (Å²) in [4.78, 5) is 12.3. The van der Waals surface area contributed by atoms with E-state index in [0.29, 0.717) is 11.9 Å². The van der Waals surface area contributed by atoms with Gasteiger partial charge >= 0.3 is 6.09 Å². The number of benzene rings is 4. The highest BCUT2D eigenvalue weighted by atomic mass is 19.1. The van der Waals surface area contributed by atoms with Gasteiger partial charge in [-0.1, -0.05) is 91.0 Å². The molecule has 0 fully saturated rings. The van der Waals surface area contributed by atoms with E-state index >= 15 is 0 Å². The predicted octanol–water partition coefficient (Wildman–Crippen LogP) is 6.53. The van der Waals surface area contributed by atoms with E-state index in [0.717, 1.165) is 10.9 Å². The molecule has 1 amide bonds. The second-order valence-electron chi connectivity index (χ2n) is 7.79. The molecule has 4 aromatic rings. The van der Waals surface area contributed by atoms with Gasteiger partial charge in [0.1, 0.15) is 12.4 Å². The molecule has 0 bridgehead atoms. The maximum atomic E-state index is 14.0. The molecule has 0 saturated heterocycles. The zero-order chi connectivity index (χ0) is 21.9. The van der Waals surface area contributed by atoms with Crippen LogP contribution in [0.3, 0.4) is 0 Å². The Morgan fingerprint density at radius 3 is 2.19 bits per heavy atom. The van der Waals surface area contributed by atoms with Gasteiger partial charge in [-0.2, -0.15) is 0 Å². The van der Waals surface area contributed by atoms with Crippen molar-refractivity contribution < 1.29 is 13.9 Å². The lowest BCUT2D eigenvalue weighted by Crippen LogP contribution is -2.26. The fraction of sp³-hybridized carbons (Fsp3) is 0.107. The van der Waals surface area contributed by atoms with E-state index in [1.807, 2.05) is 54.6 Å². The van der Waals surface area contributed by atoms with E-state index in [-0.39, 0.29) is 18.3 Å². The van der Waals surface area contributed by atoms with Gasteiger partial charge in [-0.15, -0.1) is 0 Å². The quantitative estimate of drug-likeness (QED) is 0.396. The summed E-state index contributed by atoms with van der Waals surface area (Å²) in [6.45, 7) is 0.606. The van der Waals surface area contributed by atoms with Gasteiger partial charge in [0.05, 0.1) is 0 Å². The smallest absolute Gasteiger partial charge is 0.407 e. The van der Waals surface area contributed by atoms with E-state index in [9.17, 15) is 9.18 Å². The van der Waals surface area contributed by atoms with Crippen LogP contribution >= 0.6 is 0 Å². The number of amides is 1. The Kier molecular flexibility index (Phi) is 5.42. The first-order chi connectivity index (χ1) is 15.7. The SMILES string of the molecule is O=C(NCC=Cc1ccc(F)c2ccccc12)OCC1c2ccccc2-c2ccccc21. The molecular weight excluding hydrogens is 401 g/mol. The van der Waals surface area contributed by atoms with Crippen LogP contribution in [-0.2, 0) is 4.74 Å². The Balaban J connectivity index is 1.20. The van der Waals surface area contributed by atoms with Crippen LogP contribution in [0.5, 0.6) is 0 Å². The summed E-state index contributed by atoms with van der Waals surface area (Å²) in [7, 11) is 0. The fourth-order valence-electron chi connectivity index (χ4n) is 4.41. The third-order valence-corrected chi connectivity index (χ3v) is 5.91. The highest BCUT2D eigenvalue weighted by molar-refractivity contribution is 5.91. The van der Waals surface area contributed by atoms with Crippen molar-refractivity contribution in [3.05, 3.63) is 114 Å². The van der Waals surface area contributed by atoms with E-state index < -0.39 is 6.09 Å². The molecule has 0 atom stereocenters. The van der Waals surface area contributed by atoms with Gasteiger partial charge in [-0.25, -0.2) is 9.18 Å². The van der Waals surface area contributed by atoms with Gasteiger partial charge in [-0.3, -0.25) is 0 Å². The molecule has 0 aliphatic heterocycles. The van der Waals surface area contributed by atoms with Crippen LogP contribution in [0.25, 0.3) is 28.0 Å². The van der Waals surface area contributed by atoms with Gasteiger partial charge < -0.3 is 10.1 Å². The average Bonchev–Trinajstić information content (AvgIpc) is 3.16. The third-order valence-electron chi connectivity index (χ3n) is 5.91. The lowest BCUT2D eigenvalue weighted by molar-refractivity contribution is 0.144. The van der Waals surface area contributed by atoms with Crippen molar-refractivity contribution in [3.63, 3.8) is 0 Å². The first kappa shape index (κ1) is 20.0. The summed E-state index contributed by atoms with van der Waals surface area (Å²) in [5, 5.41) is 4.18. The summed E-state index contributed by atoms with van der Waals surface area (Å²) >= 11 is 0. The molecule has 0 unspecified atom stereocenters. The van der Waals surface area contributed by atoms with E-state index in [1.54, 1.807) is 12.1 Å². The Hall–Kier alpha value is -3.92. The van der Waals surface area contributed by atoms with Gasteiger partial charge in [0.25, 0.3) is 0 Å². The largest absolute Gasteiger partial charge is 0.449 e. The summed E-state index contributed by atoms with van der Waals surface area (Å²) in [6, 6.07) is 27.0. The molecule has 4 heteroatoms. The van der Waals surface area contributed by atoms with Crippen molar-refractivity contribution >= 4 is 22.9 Å². The minimum absolute atomic E-state index is 0.0364. The number of carbonyl (C=O) groups is 1. The topological polar surface area (TPSA) is 38.3 Å². The molecule has 4 aromatic carbocycles. The number of alkyl carbamates (subject to hydrolysis) is 1. The van der Waals surface area contributed by atoms with Gasteiger partial charge in [-0.05, 0) is 39.3 Å². The van der Waals surface area contributed by atoms with Crippen molar-refractivity contribution in [1.82, 2.24) is 5.32 Å². The van der Waals surface area contributed by atoms with E-state index in [4.69, 9.17) is 4.74 Å². The summed E-state index contributed by atoms with van der Waals surface area (Å²) in [5.74, 6) is -0.205. The van der Waals surface area contributed by atoms with Crippen LogP contribution in [0, 0.1) is 5.82 Å². The van der Waals surface area contributed by atoms with Crippen LogP contribution in [0.4, 0.5) is 9.18 Å². The van der Waals surface area contributed by atoms with Crippen molar-refractivity contribution in [2.75, 3.05) is 13.2 Å². The molecular formula is C28H22FNO2. The molecule has 0 heterocycles. The molecule has 0 aromatic heterocycles. The number of halogens is 1. The Labute approximate surface area is 186 Å². The number of nitrogens with one attached hydrogen (secondary N) is 1. The maximum absolute atomic E-state index is 14.0. The summed E-state index contributed by atoms with van der Waals surface area (Å²) < 4.78 is 19.5. The van der Waals surface area contributed by atoms with Crippen molar-refractivity contribution in [1.29, 1.82) is 0 Å². The lowest BCUT2D eigenvalue weighted by Gasteiger charge is -2.14. The first-order valence-corrected chi connectivity index (χ1v) is 10.6. The zero-order valence-corrected chi connectivity index (χ0v) is 17.4. The standard InChI is InChI=1S/C28H22FNO2/c29-27-16-15-19(20-9-1-6-14-25(20)27)8-7-17-30-28(31)32-18-26-23-12-4-2-10-21(23)22-11-3-5-13-24(22)26/h1-16,26H,17-18H2,(H,30,31). The molecule has 0 spiro atoms. The predicted molar refractivity (Wildman–Crippen MR) is 126 cm³/mol. The third kappa shape index (κ3) is 3.76. The monoisotopic (exact) mass is 423 g/mol. The van der Waals surface area contributed by atoms with Crippen LogP contribution in [0.1, 0.15) is 22.6 Å². The molecule has 3 nitrogen and oxygen atoms in total. The van der Waals surface area contributed by atoms with Gasteiger partial charge in [0.2, 0.25) is 0 Å². The minimum atomic E-state index is -0.458. The number of fused-ring (bicyclic) bond motifs is 4. The average molecular weight is 423 g/mol. The van der Waals surface area contributed by atoms with E-state index in [1.165, 1.54) is 28.3 Å². The molecule has 0 saturated carbocycles. The second kappa shape index (κ2) is 8.67. The number of hydrogen-bond donors (Lipinski definition) is 1. The van der Waals surface area contributed by atoms with Crippen molar-refractivity contribution in [2.45, 2.75) is 5.92 Å². The normalized spacial score (nSPS) is 12.7. The molecule has 158 valence electrons. The van der Waals surface area contributed by atoms with E-state index in [2.05, 4.69) is 29.6 Å². The molecule has 32 heavy (non-hydrogen) atoms. The number of rotatable bonds is 5. The number of ether oxygens (including phenoxy) is 1. The van der Waals surface area contributed by atoms with Crippen LogP contribution in [0.2, 0.25) is 0 Å².